The standard InChI is InChI=1S/Cu.Fe.Li.H3O4P.H/c;;;1-5(2,3)4;/h;;;(H3,1,2,3,4);. The van der Waals surface area contributed by atoms with E-state index in [0.717, 1.165) is 0 Å². The molecule has 4 nitrogen and oxygen atoms in total. The third kappa shape index (κ3) is 116. The summed E-state index contributed by atoms with van der Waals surface area (Å²) in [6, 6.07) is 0. The maximum atomic E-state index is 8.88. The van der Waals surface area contributed by atoms with Gasteiger partial charge in [0.1, 0.15) is 0 Å². The average Bonchev–Trinajstić information content (AvgIpc) is 0.722. The zero-order valence-electron chi connectivity index (χ0n) is 2.85. The Hall–Kier alpha value is 1.75. The fraction of sp³-hybridized carbons (Fsp3) is 0. The van der Waals surface area contributed by atoms with E-state index in [4.69, 9.17) is 19.2 Å². The van der Waals surface area contributed by atoms with Crippen molar-refractivity contribution in [2.45, 2.75) is 0 Å². The normalized spacial score (nSPS) is 7.38. The molecule has 0 aliphatic heterocycles. The van der Waals surface area contributed by atoms with Crippen LogP contribution in [-0.2, 0) is 38.7 Å². The van der Waals surface area contributed by atoms with Gasteiger partial charge in [-0.05, 0) is 0 Å². The first-order chi connectivity index (χ1) is 2.00. The number of phosphoric acid groups is 1. The molecule has 53 valence electrons. The zero-order valence-corrected chi connectivity index (χ0v) is 5.79. The Labute approximate surface area is 79.8 Å². The van der Waals surface area contributed by atoms with E-state index in [1.807, 2.05) is 0 Å². The van der Waals surface area contributed by atoms with E-state index in [2.05, 4.69) is 0 Å². The third-order valence-electron chi connectivity index (χ3n) is 0. The van der Waals surface area contributed by atoms with Gasteiger partial charge >= 0.3 is 26.7 Å². The second-order valence-corrected chi connectivity index (χ2v) is 1.54. The molecule has 3 N–H and O–H groups in total. The third-order valence-corrected chi connectivity index (χ3v) is 0. The molecule has 0 aromatic rings. The molecule has 0 aromatic carbocycles. The van der Waals surface area contributed by atoms with E-state index >= 15 is 0 Å². The maximum absolute atomic E-state index is 8.88. The summed E-state index contributed by atoms with van der Waals surface area (Å²) in [4.78, 5) is 21.6. The van der Waals surface area contributed by atoms with Crippen molar-refractivity contribution in [2.24, 2.45) is 0 Å². The molecular formula is H4CuFeLiO4P. The average molecular weight is 225 g/mol. The number of rotatable bonds is 0. The summed E-state index contributed by atoms with van der Waals surface area (Å²) in [5, 5.41) is 0. The molecular weight excluding hydrogens is 221 g/mol. The topological polar surface area (TPSA) is 77.8 Å². The summed E-state index contributed by atoms with van der Waals surface area (Å²) < 4.78 is 8.88. The van der Waals surface area contributed by atoms with Gasteiger partial charge in [0.15, 0.2) is 0 Å². The molecule has 8 heteroatoms. The van der Waals surface area contributed by atoms with E-state index in [1.54, 1.807) is 0 Å². The minimum absolute atomic E-state index is 0. The molecule has 8 heavy (non-hydrogen) atoms. The van der Waals surface area contributed by atoms with Gasteiger partial charge in [-0.1, -0.05) is 0 Å². The second kappa shape index (κ2) is 8.75. The molecule has 0 aliphatic carbocycles. The van der Waals surface area contributed by atoms with Gasteiger partial charge in [-0.2, -0.15) is 0 Å². The molecule has 0 fully saturated rings. The molecule has 0 aliphatic rings. The molecule has 0 spiro atoms. The number of hydrogen-bond donors (Lipinski definition) is 3. The van der Waals surface area contributed by atoms with Crippen LogP contribution in [0.3, 0.4) is 0 Å². The van der Waals surface area contributed by atoms with Crippen molar-refractivity contribution in [3.05, 3.63) is 0 Å². The van der Waals surface area contributed by atoms with Gasteiger partial charge in [0.05, 0.1) is 0 Å². The van der Waals surface area contributed by atoms with Crippen molar-refractivity contribution in [3.8, 4) is 0 Å². The Kier molecular flexibility index (Phi) is 24.7. The van der Waals surface area contributed by atoms with Gasteiger partial charge in [-0.3, -0.25) is 0 Å². The van der Waals surface area contributed by atoms with Crippen molar-refractivity contribution < 1.29 is 53.4 Å². The summed E-state index contributed by atoms with van der Waals surface area (Å²) >= 11 is 0. The summed E-state index contributed by atoms with van der Waals surface area (Å²) in [6.45, 7) is 0. The quantitative estimate of drug-likeness (QED) is 0.343. The predicted octanol–water partition coefficient (Wildman–Crippen LogP) is -1.58. The first kappa shape index (κ1) is 22.6. The fourth-order valence-electron chi connectivity index (χ4n) is 0. The van der Waals surface area contributed by atoms with Gasteiger partial charge in [0, 0.05) is 34.1 Å². The van der Waals surface area contributed by atoms with Crippen molar-refractivity contribution in [1.29, 1.82) is 0 Å². The number of hydrogen-bond acceptors (Lipinski definition) is 1. The Balaban J connectivity index is -0.0000000267. The molecule has 0 saturated carbocycles. The fourth-order valence-corrected chi connectivity index (χ4v) is 0. The zero-order chi connectivity index (χ0) is 4.50. The first-order valence-corrected chi connectivity index (χ1v) is 2.35. The molecule has 0 heterocycles. The minimum atomic E-state index is -4.64. The molecule has 0 bridgehead atoms. The van der Waals surface area contributed by atoms with Crippen LogP contribution in [0.25, 0.3) is 0 Å². The molecule has 0 rings (SSSR count). The molecule has 0 saturated heterocycles. The Morgan fingerprint density at radius 3 is 1.12 bits per heavy atom. The van der Waals surface area contributed by atoms with Crippen LogP contribution >= 0.6 is 7.82 Å². The van der Waals surface area contributed by atoms with Gasteiger partial charge in [-0.15, -0.1) is 0 Å². The SMILES string of the molecule is O=P(O)(O)O.[Cu].[Fe].[LiH]. The Bertz CT molecular complexity index is 62.2. The van der Waals surface area contributed by atoms with E-state index in [9.17, 15) is 0 Å². The van der Waals surface area contributed by atoms with Crippen LogP contribution in [0.2, 0.25) is 0 Å². The van der Waals surface area contributed by atoms with Crippen LogP contribution in [-0.4, -0.2) is 33.5 Å². The first-order valence-electron chi connectivity index (χ1n) is 0.783. The van der Waals surface area contributed by atoms with Crippen LogP contribution in [0.15, 0.2) is 0 Å². The van der Waals surface area contributed by atoms with Crippen molar-refractivity contribution in [2.75, 3.05) is 0 Å². The van der Waals surface area contributed by atoms with E-state index in [1.165, 1.54) is 0 Å². The summed E-state index contributed by atoms with van der Waals surface area (Å²) in [5.74, 6) is 0. The van der Waals surface area contributed by atoms with Crippen LogP contribution in [0, 0.1) is 0 Å². The van der Waals surface area contributed by atoms with Crippen molar-refractivity contribution in [1.82, 2.24) is 0 Å². The van der Waals surface area contributed by atoms with E-state index in [-0.39, 0.29) is 53.0 Å². The second-order valence-electron chi connectivity index (χ2n) is 0.513. The van der Waals surface area contributed by atoms with E-state index < -0.39 is 7.82 Å². The molecule has 0 amide bonds. The van der Waals surface area contributed by atoms with Crippen LogP contribution in [0.5, 0.6) is 0 Å². The Morgan fingerprint density at radius 1 is 1.12 bits per heavy atom. The monoisotopic (exact) mass is 225 g/mol. The van der Waals surface area contributed by atoms with Gasteiger partial charge in [0.2, 0.25) is 0 Å². The van der Waals surface area contributed by atoms with Gasteiger partial charge in [0.25, 0.3) is 0 Å². The molecule has 1 radical (unpaired) electrons. The molecule has 0 atom stereocenters. The van der Waals surface area contributed by atoms with Crippen LogP contribution < -0.4 is 0 Å². The summed E-state index contributed by atoms with van der Waals surface area (Å²) in [7, 11) is -4.64. The molecule has 0 aromatic heterocycles. The van der Waals surface area contributed by atoms with Crippen LogP contribution in [0.4, 0.5) is 0 Å². The summed E-state index contributed by atoms with van der Waals surface area (Å²) in [5.41, 5.74) is 0. The Morgan fingerprint density at radius 2 is 1.12 bits per heavy atom. The predicted molar refractivity (Wildman–Crippen MR) is 21.4 cm³/mol. The van der Waals surface area contributed by atoms with Crippen molar-refractivity contribution >= 4 is 26.7 Å². The van der Waals surface area contributed by atoms with Gasteiger partial charge in [-0.25, -0.2) is 4.57 Å². The van der Waals surface area contributed by atoms with Gasteiger partial charge < -0.3 is 14.7 Å². The van der Waals surface area contributed by atoms with E-state index in [0.29, 0.717) is 0 Å². The van der Waals surface area contributed by atoms with Crippen LogP contribution in [0.1, 0.15) is 0 Å². The van der Waals surface area contributed by atoms with Crippen molar-refractivity contribution in [3.63, 3.8) is 0 Å². The summed E-state index contributed by atoms with van der Waals surface area (Å²) in [6.07, 6.45) is 0. The molecule has 0 unspecified atom stereocenters.